The number of benzene rings is 1. The molecular weight excluding hydrogens is 501 g/mol. The van der Waals surface area contributed by atoms with Gasteiger partial charge in [0.2, 0.25) is 11.7 Å². The number of anilines is 1. The van der Waals surface area contributed by atoms with Crippen LogP contribution in [0.5, 0.6) is 0 Å². The van der Waals surface area contributed by atoms with Gasteiger partial charge in [-0.25, -0.2) is 9.37 Å². The molecule has 0 bridgehead atoms. The fraction of sp³-hybridized carbons (Fsp3) is 0.393. The number of fused-ring (bicyclic) bond motifs is 1. The molecule has 10 nitrogen and oxygen atoms in total. The molecule has 2 N–H and O–H groups in total. The highest BCUT2D eigenvalue weighted by Crippen LogP contribution is 2.36. The number of carbonyl (C=O) groups is 2. The van der Waals surface area contributed by atoms with Gasteiger partial charge in [-0.1, -0.05) is 31.1 Å². The third kappa shape index (κ3) is 5.47. The quantitative estimate of drug-likeness (QED) is 0.350. The molecule has 1 aliphatic rings. The first-order valence-corrected chi connectivity index (χ1v) is 13.0. The van der Waals surface area contributed by atoms with Crippen molar-refractivity contribution in [2.45, 2.75) is 39.2 Å². The molecule has 5 rings (SSSR count). The van der Waals surface area contributed by atoms with E-state index in [-0.39, 0.29) is 30.0 Å². The highest BCUT2D eigenvalue weighted by Gasteiger charge is 2.29. The summed E-state index contributed by atoms with van der Waals surface area (Å²) in [4.78, 5) is 32.8. The fourth-order valence-electron chi connectivity index (χ4n) is 4.81. The molecular formula is C28H32FN7O3. The van der Waals surface area contributed by atoms with E-state index in [9.17, 15) is 9.59 Å². The number of hydrogen-bond donors (Lipinski definition) is 2. The van der Waals surface area contributed by atoms with Gasteiger partial charge in [-0.05, 0) is 41.5 Å². The molecule has 0 radical (unpaired) electrons. The predicted molar refractivity (Wildman–Crippen MR) is 145 cm³/mol. The van der Waals surface area contributed by atoms with E-state index < -0.39 is 11.7 Å². The summed E-state index contributed by atoms with van der Waals surface area (Å²) in [6.45, 7) is 5.40. The van der Waals surface area contributed by atoms with Crippen LogP contribution in [0.1, 0.15) is 54.4 Å². The molecule has 1 fully saturated rings. The van der Waals surface area contributed by atoms with Gasteiger partial charge in [-0.15, -0.1) is 0 Å². The van der Waals surface area contributed by atoms with Gasteiger partial charge in [0.25, 0.3) is 5.91 Å². The number of hydrogen-bond acceptors (Lipinski definition) is 7. The largest absolute Gasteiger partial charge is 0.354 e. The molecule has 1 aromatic carbocycles. The van der Waals surface area contributed by atoms with Crippen LogP contribution in [0.25, 0.3) is 22.2 Å². The average molecular weight is 534 g/mol. The number of halogens is 1. The van der Waals surface area contributed by atoms with Gasteiger partial charge in [-0.3, -0.25) is 14.7 Å². The second-order valence-electron chi connectivity index (χ2n) is 10.5. The van der Waals surface area contributed by atoms with Crippen LogP contribution in [0.2, 0.25) is 0 Å². The van der Waals surface area contributed by atoms with E-state index in [0.29, 0.717) is 35.4 Å². The summed E-state index contributed by atoms with van der Waals surface area (Å²) in [5, 5.41) is 14.9. The van der Waals surface area contributed by atoms with Crippen LogP contribution >= 0.6 is 0 Å². The standard InChI is InChI=1S/C28H32FN7O3/c1-16(2)22-13-23(39-34-22)28(38)31-14-19-6-5-18(12-21(19)29)20-7-9-30-26-25(20)27(33-32-26)36-10-8-17(15-36)11-24(37)35(3)4/h5-7,9,12-13,16-17H,8,10-11,14-15H2,1-4H3,(H,31,38)(H,30,32,33)/t17-/m0/s1. The smallest absolute Gasteiger partial charge is 0.290 e. The number of amides is 2. The maximum atomic E-state index is 15.2. The summed E-state index contributed by atoms with van der Waals surface area (Å²) in [5.74, 6) is 0.446. The molecule has 4 aromatic rings. The van der Waals surface area contributed by atoms with Crippen LogP contribution in [0.15, 0.2) is 41.1 Å². The first-order valence-electron chi connectivity index (χ1n) is 13.0. The van der Waals surface area contributed by atoms with E-state index in [1.54, 1.807) is 37.3 Å². The summed E-state index contributed by atoms with van der Waals surface area (Å²) in [6.07, 6.45) is 3.05. The first kappa shape index (κ1) is 26.3. The van der Waals surface area contributed by atoms with Crippen LogP contribution in [0, 0.1) is 11.7 Å². The van der Waals surface area contributed by atoms with E-state index in [1.807, 2.05) is 26.0 Å². The number of aromatic amines is 1. The number of carbonyl (C=O) groups excluding carboxylic acids is 2. The van der Waals surface area contributed by atoms with Gasteiger partial charge in [0.05, 0.1) is 11.1 Å². The summed E-state index contributed by atoms with van der Waals surface area (Å²) in [7, 11) is 3.54. The molecule has 0 spiro atoms. The van der Waals surface area contributed by atoms with Gasteiger partial charge in [0, 0.05) is 58.0 Å². The molecule has 0 saturated carbocycles. The fourth-order valence-corrected chi connectivity index (χ4v) is 4.81. The Balaban J connectivity index is 1.33. The van der Waals surface area contributed by atoms with Crippen molar-refractivity contribution in [1.29, 1.82) is 0 Å². The van der Waals surface area contributed by atoms with Crippen molar-refractivity contribution in [3.8, 4) is 11.1 Å². The Morgan fingerprint density at radius 2 is 2.08 bits per heavy atom. The Bertz CT molecular complexity index is 1510. The highest BCUT2D eigenvalue weighted by molar-refractivity contribution is 6.00. The van der Waals surface area contributed by atoms with Crippen molar-refractivity contribution in [3.05, 3.63) is 59.4 Å². The van der Waals surface area contributed by atoms with E-state index in [4.69, 9.17) is 4.52 Å². The Labute approximate surface area is 225 Å². The van der Waals surface area contributed by atoms with E-state index >= 15 is 4.39 Å². The third-order valence-corrected chi connectivity index (χ3v) is 7.14. The lowest BCUT2D eigenvalue weighted by molar-refractivity contribution is -0.129. The van der Waals surface area contributed by atoms with Crippen molar-refractivity contribution in [1.82, 2.24) is 30.6 Å². The molecule has 2 amide bonds. The molecule has 39 heavy (non-hydrogen) atoms. The zero-order chi connectivity index (χ0) is 27.7. The molecule has 3 aromatic heterocycles. The second-order valence-corrected chi connectivity index (χ2v) is 10.5. The van der Waals surface area contributed by atoms with E-state index in [0.717, 1.165) is 29.7 Å². The topological polar surface area (TPSA) is 120 Å². The van der Waals surface area contributed by atoms with Gasteiger partial charge < -0.3 is 19.6 Å². The molecule has 1 aliphatic heterocycles. The lowest BCUT2D eigenvalue weighted by Gasteiger charge is -2.18. The van der Waals surface area contributed by atoms with Gasteiger partial charge >= 0.3 is 0 Å². The van der Waals surface area contributed by atoms with E-state index in [1.165, 1.54) is 6.07 Å². The van der Waals surface area contributed by atoms with Crippen molar-refractivity contribution in [2.24, 2.45) is 5.92 Å². The number of nitrogens with zero attached hydrogens (tertiary/aromatic N) is 5. The Morgan fingerprint density at radius 1 is 1.26 bits per heavy atom. The number of rotatable bonds is 8. The maximum Gasteiger partial charge on any atom is 0.290 e. The van der Waals surface area contributed by atoms with Crippen molar-refractivity contribution in [3.63, 3.8) is 0 Å². The van der Waals surface area contributed by atoms with Crippen molar-refractivity contribution in [2.75, 3.05) is 32.1 Å². The molecule has 1 atom stereocenters. The SMILES string of the molecule is CC(C)c1cc(C(=O)NCc2ccc(-c3ccnc4[nH]nc(N5CC[C@@H](CC(=O)N(C)C)C5)c34)cc2F)on1. The minimum atomic E-state index is -0.451. The van der Waals surface area contributed by atoms with Gasteiger partial charge in [0.15, 0.2) is 11.5 Å². The molecule has 204 valence electrons. The number of H-pyrrole nitrogens is 1. The summed E-state index contributed by atoms with van der Waals surface area (Å²) in [5.41, 5.74) is 3.12. The number of pyridine rings is 1. The lowest BCUT2D eigenvalue weighted by atomic mass is 10.0. The van der Waals surface area contributed by atoms with Crippen LogP contribution in [0.4, 0.5) is 10.2 Å². The normalized spacial score (nSPS) is 15.3. The maximum absolute atomic E-state index is 15.2. The Kier molecular flexibility index (Phi) is 7.32. The summed E-state index contributed by atoms with van der Waals surface area (Å²) < 4.78 is 20.3. The molecule has 0 unspecified atom stereocenters. The van der Waals surface area contributed by atoms with Crippen molar-refractivity contribution < 1.29 is 18.5 Å². The first-order chi connectivity index (χ1) is 18.7. The van der Waals surface area contributed by atoms with Gasteiger partial charge in [-0.2, -0.15) is 5.10 Å². The van der Waals surface area contributed by atoms with Crippen LogP contribution in [0.3, 0.4) is 0 Å². The number of aromatic nitrogens is 4. The van der Waals surface area contributed by atoms with Crippen LogP contribution in [-0.2, 0) is 11.3 Å². The predicted octanol–water partition coefficient (Wildman–Crippen LogP) is 4.11. The van der Waals surface area contributed by atoms with Crippen LogP contribution in [-0.4, -0.2) is 64.2 Å². The van der Waals surface area contributed by atoms with E-state index in [2.05, 4.69) is 30.6 Å². The zero-order valence-corrected chi connectivity index (χ0v) is 22.5. The number of nitrogens with one attached hydrogen (secondary N) is 2. The van der Waals surface area contributed by atoms with Crippen LogP contribution < -0.4 is 10.2 Å². The van der Waals surface area contributed by atoms with Gasteiger partial charge in [0.1, 0.15) is 5.82 Å². The van der Waals surface area contributed by atoms with Crippen molar-refractivity contribution >= 4 is 28.7 Å². The lowest BCUT2D eigenvalue weighted by Crippen LogP contribution is -2.26. The summed E-state index contributed by atoms with van der Waals surface area (Å²) in [6, 6.07) is 8.39. The minimum absolute atomic E-state index is 0.00616. The Morgan fingerprint density at radius 3 is 2.79 bits per heavy atom. The molecule has 1 saturated heterocycles. The Hall–Kier alpha value is -4.28. The second kappa shape index (κ2) is 10.8. The molecule has 0 aliphatic carbocycles. The highest BCUT2D eigenvalue weighted by atomic mass is 19.1. The zero-order valence-electron chi connectivity index (χ0n) is 22.5. The average Bonchev–Trinajstić information content (AvgIpc) is 3.67. The summed E-state index contributed by atoms with van der Waals surface area (Å²) >= 11 is 0. The minimum Gasteiger partial charge on any atom is -0.354 e. The molecule has 4 heterocycles. The third-order valence-electron chi connectivity index (χ3n) is 7.14. The molecule has 11 heteroatoms. The monoisotopic (exact) mass is 533 g/mol.